The van der Waals surface area contributed by atoms with Crippen LogP contribution in [0.15, 0.2) is 54.6 Å². The van der Waals surface area contributed by atoms with Crippen LogP contribution in [0.2, 0.25) is 0 Å². The first-order valence-corrected chi connectivity index (χ1v) is 11.0. The predicted octanol–water partition coefficient (Wildman–Crippen LogP) is 3.05. The summed E-state index contributed by atoms with van der Waals surface area (Å²) in [5.74, 6) is -1.57. The van der Waals surface area contributed by atoms with Crippen LogP contribution >= 0.6 is 0 Å². The number of carbonyl (C=O) groups excluding carboxylic acids is 2. The Balaban J connectivity index is 1.33. The van der Waals surface area contributed by atoms with Gasteiger partial charge in [0.15, 0.2) is 0 Å². The number of alkyl carbamates (subject to hydrolysis) is 1. The summed E-state index contributed by atoms with van der Waals surface area (Å²) in [6.45, 7) is 1.98. The number of carboxylic acids is 1. The van der Waals surface area contributed by atoms with E-state index in [1.165, 1.54) is 17.8 Å². The van der Waals surface area contributed by atoms with Gasteiger partial charge in [0.25, 0.3) is 0 Å². The average Bonchev–Trinajstić information content (AvgIpc) is 3.37. The highest BCUT2D eigenvalue weighted by molar-refractivity contribution is 5.86. The normalized spacial score (nSPS) is 13.0. The van der Waals surface area contributed by atoms with Crippen molar-refractivity contribution in [1.29, 1.82) is 0 Å². The first kappa shape index (κ1) is 23.0. The Kier molecular flexibility index (Phi) is 6.62. The molecule has 0 aliphatic heterocycles. The zero-order valence-corrected chi connectivity index (χ0v) is 18.9. The topological polar surface area (TPSA) is 123 Å². The van der Waals surface area contributed by atoms with Crippen LogP contribution in [-0.2, 0) is 23.1 Å². The van der Waals surface area contributed by atoms with Crippen LogP contribution in [0, 0.1) is 0 Å². The monoisotopic (exact) mass is 462 g/mol. The number of carbonyl (C=O) groups is 3. The van der Waals surface area contributed by atoms with Crippen molar-refractivity contribution >= 4 is 18.0 Å². The smallest absolute Gasteiger partial charge is 0.407 e. The molecule has 1 heterocycles. The molecule has 0 saturated carbocycles. The van der Waals surface area contributed by atoms with Gasteiger partial charge in [0.1, 0.15) is 18.3 Å². The lowest BCUT2D eigenvalue weighted by atomic mass is 9.98. The largest absolute Gasteiger partial charge is 0.477 e. The minimum atomic E-state index is -1.10. The van der Waals surface area contributed by atoms with Crippen LogP contribution in [0.3, 0.4) is 0 Å². The highest BCUT2D eigenvalue weighted by Gasteiger charge is 2.29. The summed E-state index contributed by atoms with van der Waals surface area (Å²) in [6.07, 6.45) is -0.312. The standard InChI is InChI=1S/C25H26N4O5/c1-3-21(23(30)26-13-15-12-22(24(31)32)29(2)28-15)27-25(33)34-14-20-18-10-6-4-8-16(18)17-9-5-7-11-19(17)20/h4-12,20-21H,3,13-14H2,1-2H3,(H,26,30)(H,27,33)(H,31,32)/t21-/m0/s1. The van der Waals surface area contributed by atoms with E-state index in [-0.39, 0.29) is 24.8 Å². The number of hydrogen-bond acceptors (Lipinski definition) is 5. The van der Waals surface area contributed by atoms with E-state index in [1.807, 2.05) is 36.4 Å². The Morgan fingerprint density at radius 2 is 1.71 bits per heavy atom. The summed E-state index contributed by atoms with van der Waals surface area (Å²) in [6, 6.07) is 16.7. The molecule has 0 bridgehead atoms. The van der Waals surface area contributed by atoms with Crippen LogP contribution in [-0.4, -0.2) is 45.5 Å². The van der Waals surface area contributed by atoms with Gasteiger partial charge in [-0.25, -0.2) is 9.59 Å². The molecule has 0 radical (unpaired) electrons. The first-order valence-electron chi connectivity index (χ1n) is 11.0. The van der Waals surface area contributed by atoms with E-state index in [1.54, 1.807) is 6.92 Å². The number of benzene rings is 2. The Labute approximate surface area is 196 Å². The third-order valence-corrected chi connectivity index (χ3v) is 5.95. The fourth-order valence-corrected chi connectivity index (χ4v) is 4.25. The van der Waals surface area contributed by atoms with Gasteiger partial charge < -0.3 is 20.5 Å². The van der Waals surface area contributed by atoms with E-state index in [0.717, 1.165) is 22.3 Å². The Morgan fingerprint density at radius 3 is 2.26 bits per heavy atom. The van der Waals surface area contributed by atoms with Crippen LogP contribution in [0.5, 0.6) is 0 Å². The maximum absolute atomic E-state index is 12.6. The Bertz CT molecular complexity index is 1190. The zero-order chi connectivity index (χ0) is 24.2. The fourth-order valence-electron chi connectivity index (χ4n) is 4.25. The molecule has 1 aliphatic carbocycles. The van der Waals surface area contributed by atoms with E-state index in [9.17, 15) is 14.4 Å². The van der Waals surface area contributed by atoms with Crippen LogP contribution in [0.4, 0.5) is 4.79 Å². The van der Waals surface area contributed by atoms with E-state index < -0.39 is 24.0 Å². The number of nitrogens with one attached hydrogen (secondary N) is 2. The summed E-state index contributed by atoms with van der Waals surface area (Å²) in [5, 5.41) is 18.5. The molecule has 9 nitrogen and oxygen atoms in total. The average molecular weight is 463 g/mol. The minimum absolute atomic E-state index is 0.0213. The number of aromatic carboxylic acids is 1. The molecule has 3 aromatic rings. The third kappa shape index (κ3) is 4.63. The number of amides is 2. The van der Waals surface area contributed by atoms with Crippen molar-refractivity contribution < 1.29 is 24.2 Å². The highest BCUT2D eigenvalue weighted by Crippen LogP contribution is 2.44. The summed E-state index contributed by atoms with van der Waals surface area (Å²) >= 11 is 0. The van der Waals surface area contributed by atoms with Crippen LogP contribution < -0.4 is 10.6 Å². The molecule has 2 aromatic carbocycles. The molecule has 0 fully saturated rings. The summed E-state index contributed by atoms with van der Waals surface area (Å²) in [4.78, 5) is 36.2. The van der Waals surface area contributed by atoms with Crippen molar-refractivity contribution in [2.75, 3.05) is 6.61 Å². The van der Waals surface area contributed by atoms with Gasteiger partial charge >= 0.3 is 12.1 Å². The molecular formula is C25H26N4O5. The molecule has 9 heteroatoms. The highest BCUT2D eigenvalue weighted by atomic mass is 16.5. The van der Waals surface area contributed by atoms with Crippen LogP contribution in [0.25, 0.3) is 11.1 Å². The molecule has 0 spiro atoms. The van der Waals surface area contributed by atoms with E-state index in [4.69, 9.17) is 9.84 Å². The molecule has 1 aliphatic rings. The number of nitrogens with zero attached hydrogens (tertiary/aromatic N) is 2. The van der Waals surface area contributed by atoms with Gasteiger partial charge in [0, 0.05) is 13.0 Å². The van der Waals surface area contributed by atoms with Gasteiger partial charge in [0.2, 0.25) is 5.91 Å². The maximum Gasteiger partial charge on any atom is 0.407 e. The zero-order valence-electron chi connectivity index (χ0n) is 18.9. The number of ether oxygens (including phenoxy) is 1. The molecule has 1 aromatic heterocycles. The molecule has 34 heavy (non-hydrogen) atoms. The molecule has 2 amide bonds. The Morgan fingerprint density at radius 1 is 1.09 bits per heavy atom. The summed E-state index contributed by atoms with van der Waals surface area (Å²) < 4.78 is 6.75. The third-order valence-electron chi connectivity index (χ3n) is 5.95. The molecule has 3 N–H and O–H groups in total. The molecule has 176 valence electrons. The number of rotatable bonds is 8. The van der Waals surface area contributed by atoms with E-state index in [2.05, 4.69) is 27.9 Å². The first-order chi connectivity index (χ1) is 16.4. The Hall–Kier alpha value is -4.14. The second-order valence-electron chi connectivity index (χ2n) is 8.10. The lowest BCUT2D eigenvalue weighted by molar-refractivity contribution is -0.123. The molecule has 4 rings (SSSR count). The summed E-state index contributed by atoms with van der Waals surface area (Å²) in [7, 11) is 1.52. The second kappa shape index (κ2) is 9.78. The number of aryl methyl sites for hydroxylation is 1. The van der Waals surface area contributed by atoms with Crippen molar-refractivity contribution in [2.45, 2.75) is 31.8 Å². The van der Waals surface area contributed by atoms with Gasteiger partial charge in [-0.2, -0.15) is 5.10 Å². The minimum Gasteiger partial charge on any atom is -0.477 e. The van der Waals surface area contributed by atoms with Gasteiger partial charge in [0.05, 0.1) is 12.2 Å². The quantitative estimate of drug-likeness (QED) is 0.473. The fraction of sp³-hybridized carbons (Fsp3) is 0.280. The lowest BCUT2D eigenvalue weighted by Gasteiger charge is -2.18. The molecule has 1 atom stereocenters. The van der Waals surface area contributed by atoms with Crippen molar-refractivity contribution in [2.24, 2.45) is 7.05 Å². The van der Waals surface area contributed by atoms with Gasteiger partial charge in [-0.05, 0) is 34.7 Å². The molecule has 0 unspecified atom stereocenters. The van der Waals surface area contributed by atoms with Gasteiger partial charge in [-0.1, -0.05) is 55.5 Å². The van der Waals surface area contributed by atoms with Crippen molar-refractivity contribution in [1.82, 2.24) is 20.4 Å². The van der Waals surface area contributed by atoms with Crippen LogP contribution in [0.1, 0.15) is 46.6 Å². The van der Waals surface area contributed by atoms with E-state index in [0.29, 0.717) is 12.1 Å². The van der Waals surface area contributed by atoms with Gasteiger partial charge in [-0.15, -0.1) is 0 Å². The lowest BCUT2D eigenvalue weighted by Crippen LogP contribution is -2.46. The molecular weight excluding hydrogens is 436 g/mol. The second-order valence-corrected chi connectivity index (χ2v) is 8.10. The van der Waals surface area contributed by atoms with Crippen molar-refractivity contribution in [3.63, 3.8) is 0 Å². The summed E-state index contributed by atoms with van der Waals surface area (Å²) in [5.41, 5.74) is 4.92. The number of fused-ring (bicyclic) bond motifs is 3. The maximum atomic E-state index is 12.6. The number of carboxylic acid groups (broad SMARTS) is 1. The number of aromatic nitrogens is 2. The van der Waals surface area contributed by atoms with Gasteiger partial charge in [-0.3, -0.25) is 9.48 Å². The van der Waals surface area contributed by atoms with E-state index >= 15 is 0 Å². The molecule has 0 saturated heterocycles. The number of hydrogen-bond donors (Lipinski definition) is 3. The van der Waals surface area contributed by atoms with Crippen molar-refractivity contribution in [3.05, 3.63) is 77.1 Å². The predicted molar refractivity (Wildman–Crippen MR) is 124 cm³/mol. The SMILES string of the molecule is CC[C@H](NC(=O)OCC1c2ccccc2-c2ccccc21)C(=O)NCc1cc(C(=O)O)n(C)n1. The van der Waals surface area contributed by atoms with Crippen molar-refractivity contribution in [3.8, 4) is 11.1 Å².